The number of aliphatic hydroxyl groups excluding tert-OH is 1. The molecule has 16 heavy (non-hydrogen) atoms. The Bertz CT molecular complexity index is 377. The Kier molecular flexibility index (Phi) is 4.21. The predicted molar refractivity (Wildman–Crippen MR) is 56.2 cm³/mol. The van der Waals surface area contributed by atoms with Crippen LogP contribution in [0.2, 0.25) is 0 Å². The number of benzene rings is 1. The number of nitrogens with zero attached hydrogens (tertiary/aromatic N) is 1. The first kappa shape index (κ1) is 12.4. The molecule has 0 aliphatic heterocycles. The maximum atomic E-state index is 10.6. The lowest BCUT2D eigenvalue weighted by molar-refractivity contribution is -0.385. The van der Waals surface area contributed by atoms with Crippen LogP contribution < -0.4 is 4.74 Å². The van der Waals surface area contributed by atoms with Crippen LogP contribution in [0.1, 0.15) is 18.6 Å². The van der Waals surface area contributed by atoms with E-state index in [0.29, 0.717) is 11.3 Å². The van der Waals surface area contributed by atoms with Gasteiger partial charge in [0.25, 0.3) is 5.69 Å². The van der Waals surface area contributed by atoms with Crippen LogP contribution in [-0.2, 0) is 4.74 Å². The lowest BCUT2D eigenvalue weighted by atomic mass is 10.1. The van der Waals surface area contributed by atoms with Crippen LogP contribution in [0.3, 0.4) is 0 Å². The fraction of sp³-hybridized carbons (Fsp3) is 0.400. The minimum absolute atomic E-state index is 0.0253. The van der Waals surface area contributed by atoms with E-state index in [4.69, 9.17) is 9.47 Å². The minimum atomic E-state index is -0.841. The van der Waals surface area contributed by atoms with Crippen molar-refractivity contribution in [3.05, 3.63) is 33.9 Å². The summed E-state index contributed by atoms with van der Waals surface area (Å²) in [5.74, 6) is 0.377. The summed E-state index contributed by atoms with van der Waals surface area (Å²) in [7, 11) is 1.47. The van der Waals surface area contributed by atoms with Crippen LogP contribution in [0.4, 0.5) is 5.69 Å². The number of hydrogen-bond acceptors (Lipinski definition) is 5. The normalized spacial score (nSPS) is 12.2. The zero-order valence-electron chi connectivity index (χ0n) is 9.04. The SMILES string of the molecule is COCOc1ccc([N+](=O)[O-])cc1[C@H](C)O. The van der Waals surface area contributed by atoms with Gasteiger partial charge in [-0.2, -0.15) is 0 Å². The summed E-state index contributed by atoms with van der Waals surface area (Å²) < 4.78 is 9.90. The van der Waals surface area contributed by atoms with E-state index >= 15 is 0 Å². The number of aliphatic hydroxyl groups is 1. The van der Waals surface area contributed by atoms with Crippen molar-refractivity contribution in [1.29, 1.82) is 0 Å². The lowest BCUT2D eigenvalue weighted by Crippen LogP contribution is -2.04. The Labute approximate surface area is 92.6 Å². The maximum Gasteiger partial charge on any atom is 0.270 e. The van der Waals surface area contributed by atoms with Gasteiger partial charge in [0.05, 0.1) is 11.0 Å². The standard InChI is InChI=1S/C10H13NO5/c1-7(12)9-5-8(11(13)14)3-4-10(9)16-6-15-2/h3-5,7,12H,6H2,1-2H3/t7-/m0/s1. The van der Waals surface area contributed by atoms with Gasteiger partial charge in [-0.3, -0.25) is 10.1 Å². The van der Waals surface area contributed by atoms with Crippen molar-refractivity contribution in [1.82, 2.24) is 0 Å². The second kappa shape index (κ2) is 5.43. The van der Waals surface area contributed by atoms with Crippen LogP contribution in [0.15, 0.2) is 18.2 Å². The molecule has 0 fully saturated rings. The molecule has 0 saturated heterocycles. The predicted octanol–water partition coefficient (Wildman–Crippen LogP) is 1.63. The minimum Gasteiger partial charge on any atom is -0.467 e. The monoisotopic (exact) mass is 227 g/mol. The number of methoxy groups -OCH3 is 1. The van der Waals surface area contributed by atoms with Crippen molar-refractivity contribution in [2.24, 2.45) is 0 Å². The highest BCUT2D eigenvalue weighted by Gasteiger charge is 2.15. The molecule has 0 radical (unpaired) electrons. The highest BCUT2D eigenvalue weighted by molar-refractivity contribution is 5.44. The first-order valence-electron chi connectivity index (χ1n) is 4.64. The van der Waals surface area contributed by atoms with E-state index in [1.807, 2.05) is 0 Å². The molecule has 0 aromatic heterocycles. The van der Waals surface area contributed by atoms with Gasteiger partial charge in [0.15, 0.2) is 6.79 Å². The average molecular weight is 227 g/mol. The summed E-state index contributed by atoms with van der Waals surface area (Å²) >= 11 is 0. The Balaban J connectivity index is 3.04. The summed E-state index contributed by atoms with van der Waals surface area (Å²) in [5.41, 5.74) is 0.284. The van der Waals surface area contributed by atoms with E-state index in [2.05, 4.69) is 0 Å². The van der Waals surface area contributed by atoms with Gasteiger partial charge >= 0.3 is 0 Å². The molecule has 0 aliphatic rings. The maximum absolute atomic E-state index is 10.6. The van der Waals surface area contributed by atoms with Gasteiger partial charge < -0.3 is 14.6 Å². The van der Waals surface area contributed by atoms with Gasteiger partial charge in [0.2, 0.25) is 0 Å². The summed E-state index contributed by atoms with van der Waals surface area (Å²) in [6, 6.07) is 4.05. The summed E-state index contributed by atoms with van der Waals surface area (Å²) in [4.78, 5) is 10.0. The van der Waals surface area contributed by atoms with Crippen molar-refractivity contribution < 1.29 is 19.5 Å². The van der Waals surface area contributed by atoms with Crippen LogP contribution in [0.25, 0.3) is 0 Å². The molecule has 0 amide bonds. The van der Waals surface area contributed by atoms with Gasteiger partial charge in [0.1, 0.15) is 5.75 Å². The van der Waals surface area contributed by atoms with E-state index in [0.717, 1.165) is 0 Å². The fourth-order valence-electron chi connectivity index (χ4n) is 1.23. The largest absolute Gasteiger partial charge is 0.467 e. The molecule has 1 atom stereocenters. The number of nitro benzene ring substituents is 1. The lowest BCUT2D eigenvalue weighted by Gasteiger charge is -2.12. The third-order valence-corrected chi connectivity index (χ3v) is 1.99. The van der Waals surface area contributed by atoms with Crippen LogP contribution in [0.5, 0.6) is 5.75 Å². The summed E-state index contributed by atoms with van der Waals surface area (Å²) in [5, 5.41) is 20.0. The number of nitro groups is 1. The van der Waals surface area contributed by atoms with Gasteiger partial charge in [0, 0.05) is 24.8 Å². The third-order valence-electron chi connectivity index (χ3n) is 1.99. The van der Waals surface area contributed by atoms with Gasteiger partial charge in [-0.05, 0) is 13.0 Å². The molecule has 1 rings (SSSR count). The molecule has 0 bridgehead atoms. The Hall–Kier alpha value is -1.66. The quantitative estimate of drug-likeness (QED) is 0.469. The molecule has 1 aromatic carbocycles. The molecule has 0 aliphatic carbocycles. The molecule has 0 unspecified atom stereocenters. The summed E-state index contributed by atoms with van der Waals surface area (Å²) in [6.45, 7) is 1.54. The highest BCUT2D eigenvalue weighted by Crippen LogP contribution is 2.29. The number of non-ortho nitro benzene ring substituents is 1. The number of rotatable bonds is 5. The van der Waals surface area contributed by atoms with Crippen LogP contribution in [-0.4, -0.2) is 23.9 Å². The average Bonchev–Trinajstić information content (AvgIpc) is 2.25. The van der Waals surface area contributed by atoms with E-state index in [9.17, 15) is 15.2 Å². The van der Waals surface area contributed by atoms with Crippen molar-refractivity contribution in [3.8, 4) is 5.75 Å². The van der Waals surface area contributed by atoms with Gasteiger partial charge in [-0.25, -0.2) is 0 Å². The molecule has 1 aromatic rings. The van der Waals surface area contributed by atoms with Crippen molar-refractivity contribution >= 4 is 5.69 Å². The van der Waals surface area contributed by atoms with E-state index in [-0.39, 0.29) is 12.5 Å². The zero-order valence-corrected chi connectivity index (χ0v) is 9.04. The second-order valence-electron chi connectivity index (χ2n) is 3.21. The Morgan fingerprint density at radius 2 is 2.25 bits per heavy atom. The molecule has 1 N–H and O–H groups in total. The topological polar surface area (TPSA) is 81.8 Å². The molecule has 0 spiro atoms. The molecule has 6 nitrogen and oxygen atoms in total. The van der Waals surface area contributed by atoms with Crippen LogP contribution >= 0.6 is 0 Å². The first-order valence-corrected chi connectivity index (χ1v) is 4.64. The van der Waals surface area contributed by atoms with Crippen LogP contribution in [0, 0.1) is 10.1 Å². The summed E-state index contributed by atoms with van der Waals surface area (Å²) in [6.07, 6.45) is -0.841. The van der Waals surface area contributed by atoms with E-state index in [1.54, 1.807) is 0 Å². The molecular weight excluding hydrogens is 214 g/mol. The van der Waals surface area contributed by atoms with Gasteiger partial charge in [-0.15, -0.1) is 0 Å². The second-order valence-corrected chi connectivity index (χ2v) is 3.21. The molecule has 88 valence electrons. The van der Waals surface area contributed by atoms with E-state index in [1.165, 1.54) is 32.2 Å². The molecule has 6 heteroatoms. The number of ether oxygens (including phenoxy) is 2. The van der Waals surface area contributed by atoms with Crippen molar-refractivity contribution in [3.63, 3.8) is 0 Å². The van der Waals surface area contributed by atoms with Crippen molar-refractivity contribution in [2.45, 2.75) is 13.0 Å². The molecule has 0 heterocycles. The fourth-order valence-corrected chi connectivity index (χ4v) is 1.23. The van der Waals surface area contributed by atoms with Crippen molar-refractivity contribution in [2.75, 3.05) is 13.9 Å². The smallest absolute Gasteiger partial charge is 0.270 e. The molecular formula is C10H13NO5. The Morgan fingerprint density at radius 1 is 1.56 bits per heavy atom. The molecule has 0 saturated carbocycles. The highest BCUT2D eigenvalue weighted by atomic mass is 16.7. The van der Waals surface area contributed by atoms with Gasteiger partial charge in [-0.1, -0.05) is 0 Å². The third kappa shape index (κ3) is 2.91. The number of hydrogen-bond donors (Lipinski definition) is 1. The zero-order chi connectivity index (χ0) is 12.1. The Morgan fingerprint density at radius 3 is 2.75 bits per heavy atom. The van der Waals surface area contributed by atoms with E-state index < -0.39 is 11.0 Å². The first-order chi connectivity index (χ1) is 7.56.